The Bertz CT molecular complexity index is 404. The standard InChI is InChI=1S/C14H22BrN3/c1-3-5-8-12-14(15)18(11-7-10-16)13(17-12)9-6-4-2/h3-9,11H2,1-2H3. The maximum atomic E-state index is 8.73. The number of hydrogen-bond acceptors (Lipinski definition) is 2. The van der Waals surface area contributed by atoms with Crippen LogP contribution in [0.15, 0.2) is 4.60 Å². The third-order valence-corrected chi connectivity index (χ3v) is 3.90. The van der Waals surface area contributed by atoms with Crippen molar-refractivity contribution >= 4 is 15.9 Å². The summed E-state index contributed by atoms with van der Waals surface area (Å²) in [7, 11) is 0. The molecule has 1 rings (SSSR count). The van der Waals surface area contributed by atoms with Gasteiger partial charge in [0.2, 0.25) is 0 Å². The van der Waals surface area contributed by atoms with E-state index in [2.05, 4.69) is 40.4 Å². The normalized spacial score (nSPS) is 10.6. The zero-order valence-corrected chi connectivity index (χ0v) is 13.0. The van der Waals surface area contributed by atoms with Gasteiger partial charge in [0.1, 0.15) is 10.4 Å². The van der Waals surface area contributed by atoms with Crippen molar-refractivity contribution in [1.82, 2.24) is 9.55 Å². The lowest BCUT2D eigenvalue weighted by Gasteiger charge is -2.06. The number of imidazole rings is 1. The second-order valence-electron chi connectivity index (χ2n) is 4.53. The van der Waals surface area contributed by atoms with E-state index in [1.54, 1.807) is 0 Å². The lowest BCUT2D eigenvalue weighted by molar-refractivity contribution is 0.631. The first-order valence-electron chi connectivity index (χ1n) is 6.85. The summed E-state index contributed by atoms with van der Waals surface area (Å²) in [5.74, 6) is 1.13. The fourth-order valence-electron chi connectivity index (χ4n) is 1.95. The minimum Gasteiger partial charge on any atom is -0.321 e. The van der Waals surface area contributed by atoms with Gasteiger partial charge in [-0.15, -0.1) is 0 Å². The van der Waals surface area contributed by atoms with Gasteiger partial charge in [0.15, 0.2) is 0 Å². The average molecular weight is 312 g/mol. The van der Waals surface area contributed by atoms with Gasteiger partial charge in [0.05, 0.1) is 18.2 Å². The molecule has 0 aliphatic heterocycles. The lowest BCUT2D eigenvalue weighted by atomic mass is 10.2. The molecule has 1 aromatic rings. The van der Waals surface area contributed by atoms with E-state index in [1.165, 1.54) is 19.3 Å². The van der Waals surface area contributed by atoms with Crippen molar-refractivity contribution in [3.63, 3.8) is 0 Å². The highest BCUT2D eigenvalue weighted by Gasteiger charge is 2.13. The van der Waals surface area contributed by atoms with E-state index in [1.807, 2.05) is 0 Å². The topological polar surface area (TPSA) is 41.6 Å². The van der Waals surface area contributed by atoms with Crippen molar-refractivity contribution in [2.75, 3.05) is 0 Å². The predicted octanol–water partition coefficient (Wildman–Crippen LogP) is 4.24. The van der Waals surface area contributed by atoms with Crippen molar-refractivity contribution in [3.05, 3.63) is 16.1 Å². The van der Waals surface area contributed by atoms with Gasteiger partial charge in [0.25, 0.3) is 0 Å². The van der Waals surface area contributed by atoms with Gasteiger partial charge in [0, 0.05) is 13.0 Å². The number of nitriles is 1. The van der Waals surface area contributed by atoms with Gasteiger partial charge in [-0.1, -0.05) is 26.7 Å². The van der Waals surface area contributed by atoms with Crippen LogP contribution < -0.4 is 0 Å². The van der Waals surface area contributed by atoms with Crippen LogP contribution in [0.5, 0.6) is 0 Å². The molecule has 0 radical (unpaired) electrons. The highest BCUT2D eigenvalue weighted by molar-refractivity contribution is 9.10. The molecule has 0 fully saturated rings. The predicted molar refractivity (Wildman–Crippen MR) is 77.4 cm³/mol. The van der Waals surface area contributed by atoms with Crippen molar-refractivity contribution < 1.29 is 0 Å². The van der Waals surface area contributed by atoms with Gasteiger partial charge < -0.3 is 4.57 Å². The number of aryl methyl sites for hydroxylation is 2. The number of unbranched alkanes of at least 4 members (excludes halogenated alkanes) is 2. The zero-order chi connectivity index (χ0) is 13.4. The summed E-state index contributed by atoms with van der Waals surface area (Å²) >= 11 is 3.65. The van der Waals surface area contributed by atoms with Gasteiger partial charge in [-0.25, -0.2) is 4.98 Å². The van der Waals surface area contributed by atoms with Crippen LogP contribution in [0.3, 0.4) is 0 Å². The molecule has 1 heterocycles. The second-order valence-corrected chi connectivity index (χ2v) is 5.28. The van der Waals surface area contributed by atoms with Crippen LogP contribution in [0.4, 0.5) is 0 Å². The summed E-state index contributed by atoms with van der Waals surface area (Å²) < 4.78 is 3.25. The summed E-state index contributed by atoms with van der Waals surface area (Å²) in [5.41, 5.74) is 1.15. The van der Waals surface area contributed by atoms with Gasteiger partial charge >= 0.3 is 0 Å². The van der Waals surface area contributed by atoms with E-state index in [9.17, 15) is 0 Å². The molecule has 1 aromatic heterocycles. The first-order chi connectivity index (χ1) is 8.74. The zero-order valence-electron chi connectivity index (χ0n) is 11.4. The Morgan fingerprint density at radius 2 is 1.89 bits per heavy atom. The number of halogens is 1. The van der Waals surface area contributed by atoms with Crippen LogP contribution in [0, 0.1) is 11.3 Å². The molecule has 0 bridgehead atoms. The summed E-state index contributed by atoms with van der Waals surface area (Å²) in [4.78, 5) is 4.74. The molecule has 0 amide bonds. The molecule has 0 atom stereocenters. The van der Waals surface area contributed by atoms with E-state index in [0.29, 0.717) is 6.42 Å². The van der Waals surface area contributed by atoms with E-state index < -0.39 is 0 Å². The van der Waals surface area contributed by atoms with Gasteiger partial charge in [-0.3, -0.25) is 0 Å². The van der Waals surface area contributed by atoms with Crippen molar-refractivity contribution in [1.29, 1.82) is 5.26 Å². The Balaban J connectivity index is 2.87. The fourth-order valence-corrected chi connectivity index (χ4v) is 2.62. The molecule has 0 saturated carbocycles. The van der Waals surface area contributed by atoms with Crippen LogP contribution in [-0.2, 0) is 19.4 Å². The number of hydrogen-bond donors (Lipinski definition) is 0. The molecule has 0 aliphatic rings. The molecule has 0 saturated heterocycles. The van der Waals surface area contributed by atoms with Crippen LogP contribution in [0.1, 0.15) is 57.5 Å². The summed E-state index contributed by atoms with van der Waals surface area (Å²) in [6.45, 7) is 5.13. The first-order valence-corrected chi connectivity index (χ1v) is 7.64. The average Bonchev–Trinajstić information content (AvgIpc) is 2.68. The maximum Gasteiger partial charge on any atom is 0.109 e. The molecule has 0 aliphatic carbocycles. The molecular weight excluding hydrogens is 290 g/mol. The van der Waals surface area contributed by atoms with Gasteiger partial charge in [-0.05, 0) is 35.2 Å². The lowest BCUT2D eigenvalue weighted by Crippen LogP contribution is -2.04. The number of rotatable bonds is 8. The van der Waals surface area contributed by atoms with Crippen molar-refractivity contribution in [3.8, 4) is 6.07 Å². The second kappa shape index (κ2) is 8.31. The van der Waals surface area contributed by atoms with E-state index in [4.69, 9.17) is 10.2 Å². The summed E-state index contributed by atoms with van der Waals surface area (Å²) in [6.07, 6.45) is 7.25. The van der Waals surface area contributed by atoms with Gasteiger partial charge in [-0.2, -0.15) is 5.26 Å². The SMILES string of the molecule is CCCCc1nc(CCCC)n(CCC#N)c1Br. The van der Waals surface area contributed by atoms with Crippen LogP contribution in [0.2, 0.25) is 0 Å². The largest absolute Gasteiger partial charge is 0.321 e. The highest BCUT2D eigenvalue weighted by atomic mass is 79.9. The summed E-state index contributed by atoms with van der Waals surface area (Å²) in [5, 5.41) is 8.73. The first kappa shape index (κ1) is 15.2. The van der Waals surface area contributed by atoms with Crippen LogP contribution >= 0.6 is 15.9 Å². The molecule has 0 N–H and O–H groups in total. The molecule has 0 unspecified atom stereocenters. The quantitative estimate of drug-likeness (QED) is 0.720. The molecule has 3 nitrogen and oxygen atoms in total. The van der Waals surface area contributed by atoms with E-state index in [-0.39, 0.29) is 0 Å². The van der Waals surface area contributed by atoms with Crippen molar-refractivity contribution in [2.24, 2.45) is 0 Å². The number of nitrogens with zero attached hydrogens (tertiary/aromatic N) is 3. The Morgan fingerprint density at radius 3 is 2.50 bits per heavy atom. The minimum atomic E-state index is 0.543. The Morgan fingerprint density at radius 1 is 1.22 bits per heavy atom. The van der Waals surface area contributed by atoms with Crippen LogP contribution in [-0.4, -0.2) is 9.55 Å². The highest BCUT2D eigenvalue weighted by Crippen LogP contribution is 2.22. The summed E-state index contributed by atoms with van der Waals surface area (Å²) in [6, 6.07) is 2.21. The Labute approximate surface area is 118 Å². The third-order valence-electron chi connectivity index (χ3n) is 3.02. The van der Waals surface area contributed by atoms with Crippen molar-refractivity contribution in [2.45, 2.75) is 65.3 Å². The molecule has 0 aromatic carbocycles. The Hall–Kier alpha value is -0.820. The fraction of sp³-hybridized carbons (Fsp3) is 0.714. The Kier molecular flexibility index (Phi) is 7.04. The van der Waals surface area contributed by atoms with Crippen LogP contribution in [0.25, 0.3) is 0 Å². The molecular formula is C14H22BrN3. The molecule has 4 heteroatoms. The van der Waals surface area contributed by atoms with E-state index in [0.717, 1.165) is 41.9 Å². The molecule has 0 spiro atoms. The molecule has 18 heavy (non-hydrogen) atoms. The molecule has 100 valence electrons. The van der Waals surface area contributed by atoms with E-state index >= 15 is 0 Å². The number of aromatic nitrogens is 2. The third kappa shape index (κ3) is 4.13. The maximum absolute atomic E-state index is 8.73. The minimum absolute atomic E-state index is 0.543. The smallest absolute Gasteiger partial charge is 0.109 e. The monoisotopic (exact) mass is 311 g/mol.